The van der Waals surface area contributed by atoms with Crippen molar-refractivity contribution in [2.45, 2.75) is 80.3 Å². The zero-order chi connectivity index (χ0) is 46.4. The van der Waals surface area contributed by atoms with Crippen molar-refractivity contribution in [3.05, 3.63) is 151 Å². The average molecular weight is 838 g/mol. The number of methoxy groups -OCH3 is 3. The van der Waals surface area contributed by atoms with E-state index < -0.39 is 24.0 Å². The second-order valence-corrected chi connectivity index (χ2v) is 11.2. The number of fused-ring (bicyclic) bond motifs is 2. The SMILES string of the molecule is CC.CC.CC.CC.COC(=O)C(Cc1ccccc1)NC=O.COC(=O)C(N)Cc1ccccc1.COC(=O)c1cc2ccccc2cn1.Nc1cc2ccccc2cn1. The minimum absolute atomic E-state index is 0.339. The minimum atomic E-state index is -0.616. The van der Waals surface area contributed by atoms with Crippen molar-refractivity contribution in [2.75, 3.05) is 27.1 Å². The first-order valence-electron chi connectivity index (χ1n) is 20.4. The summed E-state index contributed by atoms with van der Waals surface area (Å²) in [6, 6.07) is 37.2. The molecule has 1 amide bonds. The number of nitrogens with two attached hydrogens (primary N) is 2. The fourth-order valence-electron chi connectivity index (χ4n) is 4.79. The third-order valence-electron chi connectivity index (χ3n) is 7.52. The van der Waals surface area contributed by atoms with Gasteiger partial charge in [0.15, 0.2) is 0 Å². The largest absolute Gasteiger partial charge is 0.468 e. The number of nitrogen functional groups attached to an aromatic ring is 1. The molecule has 4 aromatic carbocycles. The van der Waals surface area contributed by atoms with Crippen molar-refractivity contribution < 1.29 is 33.4 Å². The molecule has 0 saturated heterocycles. The van der Waals surface area contributed by atoms with Crippen molar-refractivity contribution in [1.82, 2.24) is 15.3 Å². The van der Waals surface area contributed by atoms with Crippen LogP contribution in [-0.2, 0) is 41.4 Å². The molecule has 0 saturated carbocycles. The second-order valence-electron chi connectivity index (χ2n) is 11.2. The Morgan fingerprint density at radius 2 is 0.984 bits per heavy atom. The molecule has 2 heterocycles. The molecule has 6 aromatic rings. The number of hydrogen-bond acceptors (Lipinski definition) is 11. The van der Waals surface area contributed by atoms with Crippen molar-refractivity contribution in [1.29, 1.82) is 0 Å². The zero-order valence-electron chi connectivity index (χ0n) is 37.8. The number of carbonyl (C=O) groups excluding carboxylic acids is 4. The highest BCUT2D eigenvalue weighted by Gasteiger charge is 2.18. The molecule has 2 unspecified atom stereocenters. The molecule has 330 valence electrons. The maximum Gasteiger partial charge on any atom is 0.356 e. The highest BCUT2D eigenvalue weighted by atomic mass is 16.5. The number of esters is 3. The maximum absolute atomic E-state index is 11.3. The third-order valence-corrected chi connectivity index (χ3v) is 7.52. The van der Waals surface area contributed by atoms with Gasteiger partial charge in [0.25, 0.3) is 0 Å². The van der Waals surface area contributed by atoms with Crippen LogP contribution in [0.15, 0.2) is 134 Å². The Balaban J connectivity index is 0. The van der Waals surface area contributed by atoms with Crippen LogP contribution in [0.25, 0.3) is 21.5 Å². The number of ether oxygens (including phenoxy) is 3. The molecule has 0 aliphatic rings. The van der Waals surface area contributed by atoms with Gasteiger partial charge in [-0.25, -0.2) is 19.6 Å². The molecule has 0 radical (unpaired) electrons. The van der Waals surface area contributed by atoms with Gasteiger partial charge in [-0.15, -0.1) is 0 Å². The summed E-state index contributed by atoms with van der Waals surface area (Å²) in [5.41, 5.74) is 13.5. The lowest BCUT2D eigenvalue weighted by atomic mass is 10.1. The van der Waals surface area contributed by atoms with Crippen molar-refractivity contribution in [3.63, 3.8) is 0 Å². The Morgan fingerprint density at radius 1 is 0.574 bits per heavy atom. The first-order valence-corrected chi connectivity index (χ1v) is 20.4. The topological polar surface area (TPSA) is 186 Å². The van der Waals surface area contributed by atoms with E-state index >= 15 is 0 Å². The molecular formula is C49H67N5O7. The van der Waals surface area contributed by atoms with E-state index in [2.05, 4.69) is 29.5 Å². The summed E-state index contributed by atoms with van der Waals surface area (Å²) in [7, 11) is 3.99. The number of rotatable bonds is 9. The van der Waals surface area contributed by atoms with Gasteiger partial charge in [-0.2, -0.15) is 0 Å². The fraction of sp³-hybridized carbons (Fsp3) is 0.306. The lowest BCUT2D eigenvalue weighted by molar-refractivity contribution is -0.144. The lowest BCUT2D eigenvalue weighted by Gasteiger charge is -2.13. The van der Waals surface area contributed by atoms with E-state index in [0.29, 0.717) is 30.8 Å². The molecule has 0 spiro atoms. The Bertz CT molecular complexity index is 2050. The molecule has 2 atom stereocenters. The summed E-state index contributed by atoms with van der Waals surface area (Å²) in [5.74, 6) is -0.644. The number of hydrogen-bond donors (Lipinski definition) is 3. The first-order chi connectivity index (χ1) is 29.7. The van der Waals surface area contributed by atoms with E-state index in [-0.39, 0.29) is 5.97 Å². The monoisotopic (exact) mass is 838 g/mol. The van der Waals surface area contributed by atoms with Gasteiger partial charge in [-0.05, 0) is 40.5 Å². The standard InChI is InChI=1S/C11H13NO3.C11H9NO2.C10H13NO2.C9H8N2.4C2H6/c1-15-11(14)10(12-8-13)7-9-5-3-2-4-6-9;1-14-11(13)10-6-8-4-2-3-5-9(8)7-12-10;1-13-10(12)9(11)7-8-5-3-2-4-6-8;10-9-5-7-3-1-2-4-8(7)6-11-9;4*1-2/h2-6,8,10H,7H2,1H3,(H,12,13);2-7H,1H3;2-6,9H,7,11H2,1H3;1-6H,(H2,10,11);4*1-2H3. The number of nitrogens with one attached hydrogen (secondary N) is 1. The van der Waals surface area contributed by atoms with Gasteiger partial charge in [0.05, 0.1) is 21.3 Å². The molecule has 2 aromatic heterocycles. The van der Waals surface area contributed by atoms with E-state index in [0.717, 1.165) is 32.7 Å². The molecule has 0 bridgehead atoms. The van der Waals surface area contributed by atoms with Gasteiger partial charge in [-0.3, -0.25) is 9.59 Å². The van der Waals surface area contributed by atoms with Crippen LogP contribution in [0.5, 0.6) is 0 Å². The van der Waals surface area contributed by atoms with Crippen LogP contribution in [0.2, 0.25) is 0 Å². The quantitative estimate of drug-likeness (QED) is 0.0716. The van der Waals surface area contributed by atoms with Gasteiger partial charge in [0.1, 0.15) is 23.6 Å². The van der Waals surface area contributed by atoms with Crippen LogP contribution in [0.3, 0.4) is 0 Å². The molecule has 0 aliphatic carbocycles. The molecule has 5 N–H and O–H groups in total. The molecule has 6 rings (SSSR count). The van der Waals surface area contributed by atoms with Crippen molar-refractivity contribution >= 4 is 51.7 Å². The lowest BCUT2D eigenvalue weighted by Crippen LogP contribution is -2.38. The van der Waals surface area contributed by atoms with Crippen LogP contribution in [-0.4, -0.2) is 67.7 Å². The predicted octanol–water partition coefficient (Wildman–Crippen LogP) is 9.19. The number of benzene rings is 4. The molecule has 0 aliphatic heterocycles. The van der Waals surface area contributed by atoms with Crippen LogP contribution in [0.1, 0.15) is 77.0 Å². The summed E-state index contributed by atoms with van der Waals surface area (Å²) in [6.07, 6.45) is 4.91. The Labute approximate surface area is 363 Å². The first kappa shape index (κ1) is 56.4. The normalized spacial score (nSPS) is 9.97. The summed E-state index contributed by atoms with van der Waals surface area (Å²) >= 11 is 0. The highest BCUT2D eigenvalue weighted by molar-refractivity contribution is 5.92. The van der Waals surface area contributed by atoms with Crippen LogP contribution in [0, 0.1) is 0 Å². The number of pyridine rings is 2. The number of nitrogens with zero attached hydrogens (tertiary/aromatic N) is 2. The van der Waals surface area contributed by atoms with E-state index in [1.54, 1.807) is 18.5 Å². The number of aromatic nitrogens is 2. The van der Waals surface area contributed by atoms with E-state index in [1.807, 2.05) is 171 Å². The highest BCUT2D eigenvalue weighted by Crippen LogP contribution is 2.14. The van der Waals surface area contributed by atoms with Crippen molar-refractivity contribution in [3.8, 4) is 0 Å². The van der Waals surface area contributed by atoms with E-state index in [1.165, 1.54) is 21.3 Å². The van der Waals surface area contributed by atoms with Gasteiger partial charge in [0, 0.05) is 29.6 Å². The fourth-order valence-corrected chi connectivity index (χ4v) is 4.79. The average Bonchev–Trinajstić information content (AvgIpc) is 3.34. The van der Waals surface area contributed by atoms with Gasteiger partial charge in [0.2, 0.25) is 6.41 Å². The molecule has 12 heteroatoms. The summed E-state index contributed by atoms with van der Waals surface area (Å²) in [5, 5.41) is 6.69. The van der Waals surface area contributed by atoms with Crippen LogP contribution < -0.4 is 16.8 Å². The molecule has 0 fully saturated rings. The summed E-state index contributed by atoms with van der Waals surface area (Å²) < 4.78 is 13.7. The minimum Gasteiger partial charge on any atom is -0.468 e. The predicted molar refractivity (Wildman–Crippen MR) is 250 cm³/mol. The summed E-state index contributed by atoms with van der Waals surface area (Å²) in [4.78, 5) is 51.7. The van der Waals surface area contributed by atoms with Gasteiger partial charge >= 0.3 is 17.9 Å². The molecule has 12 nitrogen and oxygen atoms in total. The third kappa shape index (κ3) is 22.9. The Morgan fingerprint density at radius 3 is 1.43 bits per heavy atom. The zero-order valence-corrected chi connectivity index (χ0v) is 37.8. The Kier molecular flexibility index (Phi) is 33.7. The smallest absolute Gasteiger partial charge is 0.356 e. The van der Waals surface area contributed by atoms with Gasteiger partial charge in [-0.1, -0.05) is 165 Å². The maximum atomic E-state index is 11.3. The van der Waals surface area contributed by atoms with Crippen LogP contribution in [0.4, 0.5) is 5.82 Å². The van der Waals surface area contributed by atoms with Crippen LogP contribution >= 0.6 is 0 Å². The van der Waals surface area contributed by atoms with E-state index in [4.69, 9.17) is 11.5 Å². The van der Waals surface area contributed by atoms with Crippen molar-refractivity contribution in [2.24, 2.45) is 5.73 Å². The molecule has 61 heavy (non-hydrogen) atoms. The van der Waals surface area contributed by atoms with E-state index in [9.17, 15) is 19.2 Å². The Hall–Kier alpha value is -6.66. The number of amides is 1. The second kappa shape index (κ2) is 36.4. The molecular weight excluding hydrogens is 771 g/mol. The van der Waals surface area contributed by atoms with Gasteiger partial charge < -0.3 is 31.0 Å². The number of anilines is 1. The summed E-state index contributed by atoms with van der Waals surface area (Å²) in [6.45, 7) is 16.0. The number of carbonyl (C=O) groups is 4.